The molecule has 494 valence electrons. The third-order valence-electron chi connectivity index (χ3n) is 13.8. The number of rotatable bonds is 44. The molecule has 0 aliphatic carbocycles. The van der Waals surface area contributed by atoms with Crippen LogP contribution in [0.15, 0.2) is 30.3 Å². The number of carbonyl (C=O) groups is 11. The molecule has 0 aromatic heterocycles. The molecule has 11 atom stereocenters. The number of amides is 9. The lowest BCUT2D eigenvalue weighted by atomic mass is 9.97. The Morgan fingerprint density at radius 2 is 0.898 bits per heavy atom. The van der Waals surface area contributed by atoms with Crippen molar-refractivity contribution in [3.05, 3.63) is 35.9 Å². The highest BCUT2D eigenvalue weighted by Crippen LogP contribution is 2.13. The number of nitrogens with one attached hydrogen (secondary N) is 15. The van der Waals surface area contributed by atoms with E-state index < -0.39 is 157 Å². The monoisotopic (exact) mass is 1250 g/mol. The molecule has 0 fully saturated rings. The lowest BCUT2D eigenvalue weighted by Gasteiger charge is -2.28. The van der Waals surface area contributed by atoms with Crippen molar-refractivity contribution in [2.45, 2.75) is 179 Å². The summed E-state index contributed by atoms with van der Waals surface area (Å²) >= 11 is 0. The Bertz CT molecular complexity index is 2490. The zero-order chi connectivity index (χ0) is 66.5. The van der Waals surface area contributed by atoms with Crippen LogP contribution in [0, 0.1) is 28.1 Å². The van der Waals surface area contributed by atoms with Gasteiger partial charge in [0.15, 0.2) is 17.9 Å². The van der Waals surface area contributed by atoms with Crippen LogP contribution < -0.4 is 86.7 Å². The first-order valence-corrected chi connectivity index (χ1v) is 29.3. The van der Waals surface area contributed by atoms with Crippen molar-refractivity contribution in [3.63, 3.8) is 0 Å². The maximum atomic E-state index is 14.3. The van der Waals surface area contributed by atoms with Gasteiger partial charge >= 0.3 is 11.9 Å². The SMILES string of the molecule is CC[C@H](C)[C@H](NC(=O)[C@H](CC(=O)O)NC(=O)[C@H](C)NC(=O)[C@H](CO)NC(=O)[C@H](CCCNC(=N)N)NC(=O)[C@H](CCCNC(=N)N)NC(=O)[C@H](CCCCN)NC(=O)[C@H](CCC(=O)O)NC(=O)[C@@H](C)CCCNC(=N)N)C(=O)N[C@H](C)Cc1ccccc1. The molecule has 0 saturated heterocycles. The van der Waals surface area contributed by atoms with Crippen LogP contribution in [0.4, 0.5) is 0 Å². The van der Waals surface area contributed by atoms with Gasteiger partial charge in [0, 0.05) is 38.0 Å². The highest BCUT2D eigenvalue weighted by molar-refractivity contribution is 5.99. The summed E-state index contributed by atoms with van der Waals surface area (Å²) in [7, 11) is 0. The Balaban J connectivity index is 3.46. The third-order valence-corrected chi connectivity index (χ3v) is 13.8. The van der Waals surface area contributed by atoms with Gasteiger partial charge in [-0.1, -0.05) is 57.5 Å². The van der Waals surface area contributed by atoms with Gasteiger partial charge in [-0.2, -0.15) is 0 Å². The van der Waals surface area contributed by atoms with Gasteiger partial charge in [-0.3, -0.25) is 69.0 Å². The van der Waals surface area contributed by atoms with Crippen LogP contribution in [0.3, 0.4) is 0 Å². The first kappa shape index (κ1) is 77.1. The minimum absolute atomic E-state index is 0.00164. The molecule has 9 amide bonds. The van der Waals surface area contributed by atoms with E-state index in [0.29, 0.717) is 32.1 Å². The molecule has 0 heterocycles. The van der Waals surface area contributed by atoms with Gasteiger partial charge in [-0.25, -0.2) is 0 Å². The summed E-state index contributed by atoms with van der Waals surface area (Å²) in [5.74, 6) is -13.2. The number of hydrogen-bond acceptors (Lipinski definition) is 16. The molecular formula is C55H95N19O14. The maximum Gasteiger partial charge on any atom is 0.305 e. The fourth-order valence-corrected chi connectivity index (χ4v) is 8.62. The van der Waals surface area contributed by atoms with Gasteiger partial charge in [0.05, 0.1) is 13.0 Å². The maximum absolute atomic E-state index is 14.3. The van der Waals surface area contributed by atoms with E-state index in [0.717, 1.165) is 5.56 Å². The van der Waals surface area contributed by atoms with Crippen LogP contribution in [-0.4, -0.2) is 185 Å². The lowest BCUT2D eigenvalue weighted by Crippen LogP contribution is -2.61. The van der Waals surface area contributed by atoms with Crippen molar-refractivity contribution in [3.8, 4) is 0 Å². The van der Waals surface area contributed by atoms with Gasteiger partial charge in [-0.05, 0) is 103 Å². The number of aliphatic hydroxyl groups is 1. The second-order valence-corrected chi connectivity index (χ2v) is 21.4. The predicted octanol–water partition coefficient (Wildman–Crippen LogP) is -4.44. The second-order valence-electron chi connectivity index (χ2n) is 21.4. The molecule has 0 aliphatic heterocycles. The Labute approximate surface area is 511 Å². The van der Waals surface area contributed by atoms with Crippen molar-refractivity contribution in [1.29, 1.82) is 16.2 Å². The van der Waals surface area contributed by atoms with Crippen molar-refractivity contribution in [2.75, 3.05) is 32.8 Å². The number of benzene rings is 1. The van der Waals surface area contributed by atoms with E-state index in [-0.39, 0.29) is 83.1 Å². The van der Waals surface area contributed by atoms with E-state index in [2.05, 4.69) is 63.8 Å². The molecule has 0 radical (unpaired) electrons. The van der Waals surface area contributed by atoms with E-state index in [4.69, 9.17) is 39.2 Å². The summed E-state index contributed by atoms with van der Waals surface area (Å²) in [5, 5.41) is 82.3. The normalized spacial score (nSPS) is 14.6. The summed E-state index contributed by atoms with van der Waals surface area (Å²) in [6, 6.07) is -3.21. The fraction of sp³-hybridized carbons (Fsp3) is 0.636. The largest absolute Gasteiger partial charge is 0.481 e. The predicted molar refractivity (Wildman–Crippen MR) is 324 cm³/mol. The molecule has 0 aliphatic rings. The van der Waals surface area contributed by atoms with Crippen LogP contribution >= 0.6 is 0 Å². The highest BCUT2D eigenvalue weighted by atomic mass is 16.4. The van der Waals surface area contributed by atoms with E-state index in [1.165, 1.54) is 6.92 Å². The highest BCUT2D eigenvalue weighted by Gasteiger charge is 2.36. The van der Waals surface area contributed by atoms with Crippen LogP contribution in [0.25, 0.3) is 0 Å². The molecule has 0 saturated carbocycles. The van der Waals surface area contributed by atoms with E-state index in [9.17, 15) is 68.1 Å². The van der Waals surface area contributed by atoms with Crippen LogP contribution in [0.1, 0.15) is 124 Å². The molecule has 1 aromatic rings. The van der Waals surface area contributed by atoms with Gasteiger partial charge < -0.3 is 102 Å². The van der Waals surface area contributed by atoms with Gasteiger partial charge in [0.1, 0.15) is 48.3 Å². The number of hydrogen-bond donors (Lipinski definition) is 22. The average Bonchev–Trinajstić information content (AvgIpc) is 2.15. The number of guanidine groups is 3. The topological polar surface area (TPSA) is 568 Å². The molecule has 33 heteroatoms. The number of nitrogens with two attached hydrogens (primary N) is 4. The second kappa shape index (κ2) is 42.0. The standard InChI is InChI=1S/C55H95N19O14/c1-6-30(2)43(52(88)66-32(4)27-34-16-8-7-9-17-34)74-50(86)39(28-42(78)79)72-45(81)33(5)67-51(87)40(29-75)73-48(84)37(20-14-26-65-55(61)62)71-47(83)36(19-13-25-64-54(59)60)70-46(82)35(18-10-11-23-56)69-49(85)38(21-22-41(76)77)68-44(80)31(3)15-12-24-63-53(57)58/h7-9,16-17,30-33,35-40,43,75H,6,10-15,18-29,56H2,1-5H3,(H,66,88)(H,67,87)(H,68,80)(H,69,85)(H,70,82)(H,71,83)(H,72,81)(H,73,84)(H,74,86)(H,76,77)(H,78,79)(H4,57,58,63)(H4,59,60,64)(H4,61,62,65)/t30-,31-,32+,33-,35-,36-,37-,38-,39-,40-,43-/m0/s1. The van der Waals surface area contributed by atoms with Crippen LogP contribution in [0.2, 0.25) is 0 Å². The third kappa shape index (κ3) is 32.0. The molecule has 0 bridgehead atoms. The Hall–Kier alpha value is -8.88. The lowest BCUT2D eigenvalue weighted by molar-refractivity contribution is -0.141. The Kier molecular flexibility index (Phi) is 36.9. The van der Waals surface area contributed by atoms with E-state index in [1.54, 1.807) is 27.7 Å². The summed E-state index contributed by atoms with van der Waals surface area (Å²) in [4.78, 5) is 148. The first-order chi connectivity index (χ1) is 41.5. The molecule has 0 unspecified atom stereocenters. The summed E-state index contributed by atoms with van der Waals surface area (Å²) in [5.41, 5.74) is 22.9. The van der Waals surface area contributed by atoms with Crippen LogP contribution in [-0.2, 0) is 59.2 Å². The first-order valence-electron chi connectivity index (χ1n) is 29.3. The Morgan fingerprint density at radius 3 is 1.34 bits per heavy atom. The van der Waals surface area contributed by atoms with Gasteiger partial charge in [0.2, 0.25) is 53.2 Å². The van der Waals surface area contributed by atoms with Gasteiger partial charge in [0.25, 0.3) is 0 Å². The molecule has 0 spiro atoms. The number of unbranched alkanes of at least 4 members (excludes halogenated alkanes) is 1. The smallest absolute Gasteiger partial charge is 0.305 e. The van der Waals surface area contributed by atoms with Crippen molar-refractivity contribution >= 4 is 83.0 Å². The molecule has 1 rings (SSSR count). The van der Waals surface area contributed by atoms with Crippen molar-refractivity contribution < 1.29 is 68.1 Å². The van der Waals surface area contributed by atoms with E-state index >= 15 is 0 Å². The van der Waals surface area contributed by atoms with E-state index in [1.807, 2.05) is 30.3 Å². The minimum atomic E-state index is -1.82. The number of carboxylic acid groups (broad SMARTS) is 2. The minimum Gasteiger partial charge on any atom is -0.481 e. The molecule has 88 heavy (non-hydrogen) atoms. The molecule has 33 nitrogen and oxygen atoms in total. The van der Waals surface area contributed by atoms with Crippen LogP contribution in [0.5, 0.6) is 0 Å². The number of carboxylic acids is 2. The summed E-state index contributed by atoms with van der Waals surface area (Å²) < 4.78 is 0. The molecule has 1 aromatic carbocycles. The quantitative estimate of drug-likeness (QED) is 0.0167. The molecule has 26 N–H and O–H groups in total. The summed E-state index contributed by atoms with van der Waals surface area (Å²) in [6.07, 6.45) is 0.0508. The average molecular weight is 1250 g/mol. The zero-order valence-electron chi connectivity index (χ0n) is 50.8. The number of aliphatic hydroxyl groups excluding tert-OH is 1. The molecular weight excluding hydrogens is 1150 g/mol. The zero-order valence-corrected chi connectivity index (χ0v) is 50.8. The summed E-state index contributed by atoms with van der Waals surface area (Å²) in [6.45, 7) is 7.44. The van der Waals surface area contributed by atoms with Crippen molar-refractivity contribution in [2.24, 2.45) is 34.8 Å². The van der Waals surface area contributed by atoms with Gasteiger partial charge in [-0.15, -0.1) is 0 Å². The Morgan fingerprint density at radius 1 is 0.477 bits per heavy atom. The van der Waals surface area contributed by atoms with Crippen molar-refractivity contribution in [1.82, 2.24) is 63.8 Å². The number of aliphatic carboxylic acids is 2. The number of carbonyl (C=O) groups excluding carboxylic acids is 9. The fourth-order valence-electron chi connectivity index (χ4n) is 8.62.